The molecule has 1 unspecified atom stereocenters. The number of carbonyl (C=O) groups excluding carboxylic acids is 1. The lowest BCUT2D eigenvalue weighted by molar-refractivity contribution is -0.384. The fourth-order valence-corrected chi connectivity index (χ4v) is 3.23. The van der Waals surface area contributed by atoms with Gasteiger partial charge in [0.15, 0.2) is 0 Å². The fourth-order valence-electron chi connectivity index (χ4n) is 3.11. The Morgan fingerprint density at radius 2 is 1.90 bits per heavy atom. The summed E-state index contributed by atoms with van der Waals surface area (Å²) >= 11 is 5.90. The SMILES string of the molecule is COCC1=NN(c2ccc(Cl)cc2)C(=O)C1C/C(=C/c1ccc([N+](=O)[O-])cc1)C(=O)O. The second-order valence-corrected chi connectivity index (χ2v) is 7.17. The first-order valence-electron chi connectivity index (χ1n) is 9.14. The van der Waals surface area contributed by atoms with Crippen molar-refractivity contribution in [1.82, 2.24) is 0 Å². The van der Waals surface area contributed by atoms with E-state index in [4.69, 9.17) is 16.3 Å². The van der Waals surface area contributed by atoms with Gasteiger partial charge in [-0.25, -0.2) is 9.80 Å². The van der Waals surface area contributed by atoms with Gasteiger partial charge in [0.2, 0.25) is 0 Å². The number of anilines is 1. The fraction of sp³-hybridized carbons (Fsp3) is 0.190. The molecule has 0 spiro atoms. The Hall–Kier alpha value is -3.56. The van der Waals surface area contributed by atoms with E-state index in [2.05, 4.69) is 5.10 Å². The molecule has 0 aliphatic carbocycles. The number of nitrogens with zero attached hydrogens (tertiary/aromatic N) is 3. The molecule has 0 aromatic heterocycles. The second-order valence-electron chi connectivity index (χ2n) is 6.73. The molecular formula is C21H18ClN3O6. The first-order valence-corrected chi connectivity index (χ1v) is 9.52. The maximum Gasteiger partial charge on any atom is 0.331 e. The molecule has 0 saturated carbocycles. The lowest BCUT2D eigenvalue weighted by atomic mass is 9.93. The molecule has 2 aromatic carbocycles. The minimum Gasteiger partial charge on any atom is -0.478 e. The molecule has 2 aromatic rings. The molecular weight excluding hydrogens is 426 g/mol. The largest absolute Gasteiger partial charge is 0.478 e. The Balaban J connectivity index is 1.88. The summed E-state index contributed by atoms with van der Waals surface area (Å²) in [6.45, 7) is 0.0604. The highest BCUT2D eigenvalue weighted by Gasteiger charge is 2.37. The summed E-state index contributed by atoms with van der Waals surface area (Å²) < 4.78 is 5.14. The van der Waals surface area contributed by atoms with E-state index in [0.717, 1.165) is 0 Å². The van der Waals surface area contributed by atoms with E-state index < -0.39 is 16.8 Å². The lowest BCUT2D eigenvalue weighted by Gasteiger charge is -2.15. The Morgan fingerprint density at radius 1 is 1.26 bits per heavy atom. The standard InChI is InChI=1S/C21H18ClN3O6/c1-31-12-19-18(20(26)24(23-19)16-8-4-15(22)5-9-16)11-14(21(27)28)10-13-2-6-17(7-3-13)25(29)30/h2-10,18H,11-12H2,1H3,(H,27,28)/b14-10-. The van der Waals surface area contributed by atoms with Gasteiger partial charge in [0, 0.05) is 29.8 Å². The molecule has 1 N–H and O–H groups in total. The molecule has 0 radical (unpaired) electrons. The third-order valence-electron chi connectivity index (χ3n) is 4.64. The highest BCUT2D eigenvalue weighted by atomic mass is 35.5. The number of non-ortho nitro benzene ring substituents is 1. The van der Waals surface area contributed by atoms with Crippen molar-refractivity contribution in [2.45, 2.75) is 6.42 Å². The van der Waals surface area contributed by atoms with Crippen molar-refractivity contribution < 1.29 is 24.4 Å². The van der Waals surface area contributed by atoms with Crippen LogP contribution in [0, 0.1) is 16.0 Å². The molecule has 0 fully saturated rings. The van der Waals surface area contributed by atoms with Crippen LogP contribution in [0.5, 0.6) is 0 Å². The highest BCUT2D eigenvalue weighted by molar-refractivity contribution is 6.30. The van der Waals surface area contributed by atoms with Crippen molar-refractivity contribution in [2.75, 3.05) is 18.7 Å². The molecule has 3 rings (SSSR count). The van der Waals surface area contributed by atoms with E-state index >= 15 is 0 Å². The van der Waals surface area contributed by atoms with Gasteiger partial charge in [0.1, 0.15) is 0 Å². The van der Waals surface area contributed by atoms with Gasteiger partial charge in [-0.3, -0.25) is 14.9 Å². The summed E-state index contributed by atoms with van der Waals surface area (Å²) in [5, 5.41) is 26.5. The maximum absolute atomic E-state index is 13.0. The number of nitro benzene ring substituents is 1. The summed E-state index contributed by atoms with van der Waals surface area (Å²) in [5.74, 6) is -2.41. The Labute approximate surface area is 182 Å². The zero-order chi connectivity index (χ0) is 22.5. The van der Waals surface area contributed by atoms with Crippen LogP contribution in [0.4, 0.5) is 11.4 Å². The lowest BCUT2D eigenvalue weighted by Crippen LogP contribution is -2.29. The van der Waals surface area contributed by atoms with Crippen molar-refractivity contribution in [1.29, 1.82) is 0 Å². The zero-order valence-corrected chi connectivity index (χ0v) is 17.2. The number of nitro groups is 1. The number of carboxylic acids is 1. The van der Waals surface area contributed by atoms with Crippen LogP contribution in [0.15, 0.2) is 59.2 Å². The van der Waals surface area contributed by atoms with Gasteiger partial charge in [0.25, 0.3) is 11.6 Å². The van der Waals surface area contributed by atoms with E-state index in [1.165, 1.54) is 42.5 Å². The third kappa shape index (κ3) is 5.14. The van der Waals surface area contributed by atoms with Gasteiger partial charge in [-0.1, -0.05) is 11.6 Å². The highest BCUT2D eigenvalue weighted by Crippen LogP contribution is 2.29. The number of carboxylic acid groups (broad SMARTS) is 1. The van der Waals surface area contributed by atoms with E-state index in [-0.39, 0.29) is 30.2 Å². The van der Waals surface area contributed by atoms with Gasteiger partial charge >= 0.3 is 5.97 Å². The number of rotatable bonds is 8. The number of aliphatic carboxylic acids is 1. The van der Waals surface area contributed by atoms with Crippen LogP contribution >= 0.6 is 11.6 Å². The molecule has 1 heterocycles. The summed E-state index contributed by atoms with van der Waals surface area (Å²) in [5.41, 5.74) is 1.23. The van der Waals surface area contributed by atoms with Crippen LogP contribution in [0.2, 0.25) is 5.02 Å². The maximum atomic E-state index is 13.0. The molecule has 1 aliphatic rings. The van der Waals surface area contributed by atoms with Gasteiger partial charge in [0.05, 0.1) is 28.8 Å². The molecule has 9 nitrogen and oxygen atoms in total. The number of halogens is 1. The van der Waals surface area contributed by atoms with Crippen molar-refractivity contribution in [3.63, 3.8) is 0 Å². The number of hydrazone groups is 1. The summed E-state index contributed by atoms with van der Waals surface area (Å²) in [6.07, 6.45) is 1.27. The number of carbonyl (C=O) groups is 2. The minimum absolute atomic E-state index is 0.0334. The van der Waals surface area contributed by atoms with Crippen LogP contribution in [-0.2, 0) is 14.3 Å². The summed E-state index contributed by atoms with van der Waals surface area (Å²) in [6, 6.07) is 12.0. The van der Waals surface area contributed by atoms with Crippen LogP contribution in [0.1, 0.15) is 12.0 Å². The quantitative estimate of drug-likeness (QED) is 0.376. The van der Waals surface area contributed by atoms with Crippen molar-refractivity contribution in [3.8, 4) is 0 Å². The average Bonchev–Trinajstić information content (AvgIpc) is 3.04. The molecule has 1 amide bonds. The normalized spacial score (nSPS) is 16.4. The molecule has 0 saturated heterocycles. The van der Waals surface area contributed by atoms with E-state index in [9.17, 15) is 24.8 Å². The molecule has 1 atom stereocenters. The first-order chi connectivity index (χ1) is 14.8. The Kier molecular flexibility index (Phi) is 6.78. The van der Waals surface area contributed by atoms with Crippen molar-refractivity contribution in [3.05, 3.63) is 74.8 Å². The molecule has 10 heteroatoms. The molecule has 31 heavy (non-hydrogen) atoms. The topological polar surface area (TPSA) is 122 Å². The van der Waals surface area contributed by atoms with Crippen molar-refractivity contribution >= 4 is 46.6 Å². The van der Waals surface area contributed by atoms with Crippen LogP contribution in [0.3, 0.4) is 0 Å². The van der Waals surface area contributed by atoms with Crippen LogP contribution in [0.25, 0.3) is 6.08 Å². The predicted molar refractivity (Wildman–Crippen MR) is 115 cm³/mol. The monoisotopic (exact) mass is 443 g/mol. The van der Waals surface area contributed by atoms with Gasteiger partial charge in [-0.05, 0) is 54.5 Å². The minimum atomic E-state index is -1.20. The van der Waals surface area contributed by atoms with Crippen LogP contribution in [-0.4, -0.2) is 41.3 Å². The summed E-state index contributed by atoms with van der Waals surface area (Å²) in [7, 11) is 1.46. The second kappa shape index (κ2) is 9.50. The zero-order valence-electron chi connectivity index (χ0n) is 16.4. The van der Waals surface area contributed by atoms with Gasteiger partial charge in [-0.2, -0.15) is 5.10 Å². The molecule has 160 valence electrons. The predicted octanol–water partition coefficient (Wildman–Crippen LogP) is 3.77. The van der Waals surface area contributed by atoms with Crippen LogP contribution < -0.4 is 5.01 Å². The number of methoxy groups -OCH3 is 1. The van der Waals surface area contributed by atoms with E-state index in [0.29, 0.717) is 22.0 Å². The number of amides is 1. The smallest absolute Gasteiger partial charge is 0.331 e. The first kappa shape index (κ1) is 22.1. The number of benzene rings is 2. The van der Waals surface area contributed by atoms with Gasteiger partial charge in [-0.15, -0.1) is 0 Å². The molecule has 0 bridgehead atoms. The van der Waals surface area contributed by atoms with Gasteiger partial charge < -0.3 is 9.84 Å². The van der Waals surface area contributed by atoms with E-state index in [1.807, 2.05) is 0 Å². The average molecular weight is 444 g/mol. The van der Waals surface area contributed by atoms with E-state index in [1.54, 1.807) is 24.3 Å². The summed E-state index contributed by atoms with van der Waals surface area (Å²) in [4.78, 5) is 35.1. The third-order valence-corrected chi connectivity index (χ3v) is 4.90. The Morgan fingerprint density at radius 3 is 2.45 bits per heavy atom. The molecule has 1 aliphatic heterocycles. The Bertz CT molecular complexity index is 1060. The van der Waals surface area contributed by atoms with Crippen molar-refractivity contribution in [2.24, 2.45) is 11.0 Å². The number of ether oxygens (including phenoxy) is 1. The number of hydrogen-bond acceptors (Lipinski definition) is 6. The number of hydrogen-bond donors (Lipinski definition) is 1.